The summed E-state index contributed by atoms with van der Waals surface area (Å²) in [6.07, 6.45) is 2.98. The van der Waals surface area contributed by atoms with Crippen molar-refractivity contribution in [2.24, 2.45) is 0 Å². The zero-order valence-electron chi connectivity index (χ0n) is 12.0. The molecule has 5 heteroatoms. The van der Waals surface area contributed by atoms with Gasteiger partial charge in [-0.2, -0.15) is 0 Å². The Morgan fingerprint density at radius 3 is 2.61 bits per heavy atom. The molecule has 0 aliphatic heterocycles. The van der Waals surface area contributed by atoms with Gasteiger partial charge in [-0.1, -0.05) is 41.9 Å². The lowest BCUT2D eigenvalue weighted by molar-refractivity contribution is -0.111. The second-order valence-electron chi connectivity index (χ2n) is 4.86. The van der Waals surface area contributed by atoms with Crippen molar-refractivity contribution in [2.75, 3.05) is 5.32 Å². The quantitative estimate of drug-likeness (QED) is 0.582. The molecule has 0 saturated carbocycles. The van der Waals surface area contributed by atoms with Gasteiger partial charge in [0.05, 0.1) is 0 Å². The summed E-state index contributed by atoms with van der Waals surface area (Å²) >= 11 is 5.80. The number of fused-ring (bicyclic) bond motifs is 1. The van der Waals surface area contributed by atoms with Crippen LogP contribution >= 0.6 is 11.6 Å². The maximum absolute atomic E-state index is 11.9. The Hall–Kier alpha value is -2.85. The SMILES string of the molecule is O=C(/C=C/c1ccc(Cl)cc1)Nc1cc2ccccc2oc1=O. The fourth-order valence-electron chi connectivity index (χ4n) is 2.07. The third-order valence-corrected chi connectivity index (χ3v) is 3.45. The van der Waals surface area contributed by atoms with E-state index in [1.54, 1.807) is 54.6 Å². The monoisotopic (exact) mass is 325 g/mol. The first-order valence-electron chi connectivity index (χ1n) is 6.89. The molecule has 1 aromatic heterocycles. The van der Waals surface area contributed by atoms with Crippen LogP contribution in [0.25, 0.3) is 17.0 Å². The van der Waals surface area contributed by atoms with Crippen molar-refractivity contribution in [1.29, 1.82) is 0 Å². The number of carbonyl (C=O) groups is 1. The molecular weight excluding hydrogens is 314 g/mol. The topological polar surface area (TPSA) is 59.3 Å². The van der Waals surface area contributed by atoms with Crippen LogP contribution in [0.2, 0.25) is 5.02 Å². The number of nitrogens with one attached hydrogen (secondary N) is 1. The van der Waals surface area contributed by atoms with E-state index in [0.717, 1.165) is 10.9 Å². The van der Waals surface area contributed by atoms with Crippen LogP contribution in [-0.4, -0.2) is 5.91 Å². The van der Waals surface area contributed by atoms with Crippen LogP contribution in [-0.2, 0) is 4.79 Å². The minimum atomic E-state index is -0.586. The Kier molecular flexibility index (Phi) is 4.26. The summed E-state index contributed by atoms with van der Waals surface area (Å²) in [5.41, 5.74) is 0.828. The summed E-state index contributed by atoms with van der Waals surface area (Å²) in [4.78, 5) is 23.8. The zero-order chi connectivity index (χ0) is 16.2. The van der Waals surface area contributed by atoms with Crippen LogP contribution < -0.4 is 10.9 Å². The standard InChI is InChI=1S/C18H12ClNO3/c19-14-8-5-12(6-9-14)7-10-17(21)20-15-11-13-3-1-2-4-16(13)23-18(15)22/h1-11H,(H,20,21)/b10-7+. The van der Waals surface area contributed by atoms with E-state index in [4.69, 9.17) is 16.0 Å². The van der Waals surface area contributed by atoms with Crippen molar-refractivity contribution < 1.29 is 9.21 Å². The lowest BCUT2D eigenvalue weighted by Gasteiger charge is -2.02. The first-order chi connectivity index (χ1) is 11.1. The van der Waals surface area contributed by atoms with Gasteiger partial charge in [0, 0.05) is 16.5 Å². The fourth-order valence-corrected chi connectivity index (χ4v) is 2.20. The van der Waals surface area contributed by atoms with Gasteiger partial charge in [-0.3, -0.25) is 4.79 Å². The number of benzene rings is 2. The third kappa shape index (κ3) is 3.67. The molecule has 3 rings (SSSR count). The van der Waals surface area contributed by atoms with Crippen LogP contribution in [0, 0.1) is 0 Å². The molecule has 0 unspecified atom stereocenters. The molecule has 0 aliphatic rings. The Morgan fingerprint density at radius 1 is 1.09 bits per heavy atom. The van der Waals surface area contributed by atoms with E-state index in [-0.39, 0.29) is 5.69 Å². The van der Waals surface area contributed by atoms with E-state index in [2.05, 4.69) is 5.32 Å². The van der Waals surface area contributed by atoms with Crippen molar-refractivity contribution in [2.45, 2.75) is 0 Å². The minimum absolute atomic E-state index is 0.106. The Morgan fingerprint density at radius 2 is 1.83 bits per heavy atom. The smallest absolute Gasteiger partial charge is 0.360 e. The molecular formula is C18H12ClNO3. The summed E-state index contributed by atoms with van der Waals surface area (Å²) in [5.74, 6) is -0.414. The molecule has 0 spiro atoms. The Labute approximate surface area is 137 Å². The molecule has 4 nitrogen and oxygen atoms in total. The zero-order valence-corrected chi connectivity index (χ0v) is 12.7. The van der Waals surface area contributed by atoms with E-state index >= 15 is 0 Å². The second-order valence-corrected chi connectivity index (χ2v) is 5.30. The van der Waals surface area contributed by atoms with Crippen molar-refractivity contribution >= 4 is 40.2 Å². The highest BCUT2D eigenvalue weighted by Crippen LogP contribution is 2.15. The molecule has 1 heterocycles. The number of hydrogen-bond donors (Lipinski definition) is 1. The summed E-state index contributed by atoms with van der Waals surface area (Å²) in [5, 5.41) is 3.89. The average Bonchev–Trinajstić information content (AvgIpc) is 2.55. The highest BCUT2D eigenvalue weighted by atomic mass is 35.5. The van der Waals surface area contributed by atoms with Gasteiger partial charge < -0.3 is 9.73 Å². The van der Waals surface area contributed by atoms with E-state index < -0.39 is 11.5 Å². The van der Waals surface area contributed by atoms with Crippen LogP contribution in [0.15, 0.2) is 69.9 Å². The molecule has 0 fully saturated rings. The molecule has 0 radical (unpaired) electrons. The van der Waals surface area contributed by atoms with Crippen LogP contribution in [0.1, 0.15) is 5.56 Å². The van der Waals surface area contributed by atoms with Gasteiger partial charge in [-0.15, -0.1) is 0 Å². The van der Waals surface area contributed by atoms with Crippen molar-refractivity contribution in [1.82, 2.24) is 0 Å². The largest absolute Gasteiger partial charge is 0.421 e. The predicted octanol–water partition coefficient (Wildman–Crippen LogP) is 4.10. The van der Waals surface area contributed by atoms with Crippen LogP contribution in [0.4, 0.5) is 5.69 Å². The molecule has 114 valence electrons. The Bertz CT molecular complexity index is 942. The predicted molar refractivity (Wildman–Crippen MR) is 91.6 cm³/mol. The van der Waals surface area contributed by atoms with Crippen molar-refractivity contribution in [3.05, 3.63) is 81.7 Å². The maximum Gasteiger partial charge on any atom is 0.360 e. The molecule has 0 aliphatic carbocycles. The highest BCUT2D eigenvalue weighted by molar-refractivity contribution is 6.30. The normalized spacial score (nSPS) is 11.0. The van der Waals surface area contributed by atoms with Gasteiger partial charge in [0.1, 0.15) is 11.3 Å². The molecule has 0 atom stereocenters. The van der Waals surface area contributed by atoms with Crippen molar-refractivity contribution in [3.8, 4) is 0 Å². The molecule has 1 amide bonds. The number of amides is 1. The first kappa shape index (κ1) is 15.1. The molecule has 1 N–H and O–H groups in total. The summed E-state index contributed by atoms with van der Waals surface area (Å²) in [6, 6.07) is 15.7. The van der Waals surface area contributed by atoms with Gasteiger partial charge in [0.2, 0.25) is 5.91 Å². The van der Waals surface area contributed by atoms with Gasteiger partial charge in [-0.25, -0.2) is 4.79 Å². The summed E-state index contributed by atoms with van der Waals surface area (Å²) in [7, 11) is 0. The average molecular weight is 326 g/mol. The van der Waals surface area contributed by atoms with E-state index in [1.165, 1.54) is 6.08 Å². The molecule has 0 bridgehead atoms. The maximum atomic E-state index is 11.9. The first-order valence-corrected chi connectivity index (χ1v) is 7.27. The molecule has 23 heavy (non-hydrogen) atoms. The minimum Gasteiger partial charge on any atom is -0.421 e. The van der Waals surface area contributed by atoms with Crippen molar-refractivity contribution in [3.63, 3.8) is 0 Å². The van der Waals surface area contributed by atoms with Gasteiger partial charge >= 0.3 is 5.63 Å². The number of carbonyl (C=O) groups excluding carboxylic acids is 1. The Balaban J connectivity index is 1.78. The van der Waals surface area contributed by atoms with Gasteiger partial charge in [0.15, 0.2) is 0 Å². The fraction of sp³-hybridized carbons (Fsp3) is 0. The highest BCUT2D eigenvalue weighted by Gasteiger charge is 2.06. The number of anilines is 1. The molecule has 0 saturated heterocycles. The number of rotatable bonds is 3. The van der Waals surface area contributed by atoms with Gasteiger partial charge in [0.25, 0.3) is 0 Å². The van der Waals surface area contributed by atoms with E-state index in [1.807, 2.05) is 6.07 Å². The molecule has 3 aromatic rings. The lowest BCUT2D eigenvalue weighted by atomic mass is 10.2. The summed E-state index contributed by atoms with van der Waals surface area (Å²) in [6.45, 7) is 0. The number of para-hydroxylation sites is 1. The van der Waals surface area contributed by atoms with E-state index in [9.17, 15) is 9.59 Å². The second kappa shape index (κ2) is 6.50. The van der Waals surface area contributed by atoms with Gasteiger partial charge in [-0.05, 0) is 35.9 Å². The van der Waals surface area contributed by atoms with Crippen LogP contribution in [0.5, 0.6) is 0 Å². The third-order valence-electron chi connectivity index (χ3n) is 3.20. The summed E-state index contributed by atoms with van der Waals surface area (Å²) < 4.78 is 5.16. The van der Waals surface area contributed by atoms with E-state index in [0.29, 0.717) is 10.6 Å². The lowest BCUT2D eigenvalue weighted by Crippen LogP contribution is -2.15. The van der Waals surface area contributed by atoms with Crippen LogP contribution in [0.3, 0.4) is 0 Å². The molecule has 2 aromatic carbocycles. The number of halogens is 1. The number of hydrogen-bond acceptors (Lipinski definition) is 3.